The quantitative estimate of drug-likeness (QED) is 0.678. The van der Waals surface area contributed by atoms with Gasteiger partial charge in [-0.25, -0.2) is 9.50 Å². The van der Waals surface area contributed by atoms with Crippen molar-refractivity contribution >= 4 is 21.6 Å². The van der Waals surface area contributed by atoms with Gasteiger partial charge in [-0.15, -0.1) is 0 Å². The lowest BCUT2D eigenvalue weighted by Crippen LogP contribution is -1.94. The molecule has 0 unspecified atom stereocenters. The second-order valence-electron chi connectivity index (χ2n) is 3.07. The van der Waals surface area contributed by atoms with Gasteiger partial charge in [-0.05, 0) is 28.1 Å². The van der Waals surface area contributed by atoms with Gasteiger partial charge < -0.3 is 4.42 Å². The topological polar surface area (TPSA) is 43.3 Å². The summed E-state index contributed by atoms with van der Waals surface area (Å²) in [6.07, 6.45) is 6.81. The maximum atomic E-state index is 5.05. The fraction of sp³-hybridized carbons (Fsp3) is 0. The summed E-state index contributed by atoms with van der Waals surface area (Å²) in [5, 5.41) is 4.24. The summed E-state index contributed by atoms with van der Waals surface area (Å²) >= 11 is 3.40. The lowest BCUT2D eigenvalue weighted by atomic mass is 10.2. The monoisotopic (exact) mass is 263 g/mol. The lowest BCUT2D eigenvalue weighted by molar-refractivity contribution is 0.568. The van der Waals surface area contributed by atoms with Crippen LogP contribution in [-0.2, 0) is 0 Å². The van der Waals surface area contributed by atoms with Crippen LogP contribution < -0.4 is 0 Å². The van der Waals surface area contributed by atoms with Gasteiger partial charge in [0.05, 0.1) is 28.9 Å². The van der Waals surface area contributed by atoms with E-state index in [1.54, 1.807) is 29.4 Å². The molecule has 0 aliphatic rings. The van der Waals surface area contributed by atoms with E-state index >= 15 is 0 Å². The zero-order chi connectivity index (χ0) is 10.3. The van der Waals surface area contributed by atoms with Crippen LogP contribution in [0.5, 0.6) is 0 Å². The summed E-state index contributed by atoms with van der Waals surface area (Å²) in [5.41, 5.74) is 2.74. The average molecular weight is 264 g/mol. The highest BCUT2D eigenvalue weighted by molar-refractivity contribution is 9.10. The van der Waals surface area contributed by atoms with Crippen LogP contribution in [-0.4, -0.2) is 14.6 Å². The summed E-state index contributed by atoms with van der Waals surface area (Å²) in [6, 6.07) is 3.79. The van der Waals surface area contributed by atoms with Crippen molar-refractivity contribution in [1.29, 1.82) is 0 Å². The first-order valence-electron chi connectivity index (χ1n) is 4.37. The molecule has 0 saturated heterocycles. The molecule has 0 saturated carbocycles. The van der Waals surface area contributed by atoms with Crippen molar-refractivity contribution in [3.8, 4) is 11.3 Å². The van der Waals surface area contributed by atoms with Gasteiger partial charge in [0.2, 0.25) is 0 Å². The van der Waals surface area contributed by atoms with Crippen molar-refractivity contribution in [1.82, 2.24) is 14.6 Å². The first kappa shape index (κ1) is 8.67. The lowest BCUT2D eigenvalue weighted by Gasteiger charge is -2.00. The SMILES string of the molecule is Brc1cnn2c(-c3ccoc3)ccnc12. The van der Waals surface area contributed by atoms with Gasteiger partial charge in [0.15, 0.2) is 5.65 Å². The molecule has 4 nitrogen and oxygen atoms in total. The van der Waals surface area contributed by atoms with Gasteiger partial charge in [-0.1, -0.05) is 0 Å². The Bertz CT molecular complexity index is 600. The molecule has 3 aromatic rings. The number of fused-ring (bicyclic) bond motifs is 1. The van der Waals surface area contributed by atoms with E-state index in [2.05, 4.69) is 26.0 Å². The van der Waals surface area contributed by atoms with Gasteiger partial charge in [0.25, 0.3) is 0 Å². The van der Waals surface area contributed by atoms with Crippen molar-refractivity contribution in [2.75, 3.05) is 0 Å². The van der Waals surface area contributed by atoms with Crippen LogP contribution in [0.2, 0.25) is 0 Å². The van der Waals surface area contributed by atoms with E-state index in [0.29, 0.717) is 0 Å². The molecule has 0 radical (unpaired) electrons. The minimum atomic E-state index is 0.800. The van der Waals surface area contributed by atoms with Gasteiger partial charge >= 0.3 is 0 Å². The Morgan fingerprint density at radius 1 is 1.33 bits per heavy atom. The molecule has 0 atom stereocenters. The molecule has 3 heterocycles. The molecule has 0 aromatic carbocycles. The molecule has 0 spiro atoms. The molecular weight excluding hydrogens is 258 g/mol. The second kappa shape index (κ2) is 3.20. The van der Waals surface area contributed by atoms with Crippen LogP contribution in [0.1, 0.15) is 0 Å². The molecule has 15 heavy (non-hydrogen) atoms. The molecule has 5 heteroatoms. The van der Waals surface area contributed by atoms with E-state index in [-0.39, 0.29) is 0 Å². The van der Waals surface area contributed by atoms with E-state index in [0.717, 1.165) is 21.4 Å². The maximum Gasteiger partial charge on any atom is 0.169 e. The Balaban J connectivity index is 2.36. The first-order valence-corrected chi connectivity index (χ1v) is 5.16. The zero-order valence-corrected chi connectivity index (χ0v) is 9.18. The number of aromatic nitrogens is 3. The Morgan fingerprint density at radius 3 is 3.07 bits per heavy atom. The average Bonchev–Trinajstić information content (AvgIpc) is 2.88. The molecule has 0 amide bonds. The summed E-state index contributed by atoms with van der Waals surface area (Å²) in [5.74, 6) is 0. The molecule has 3 aromatic heterocycles. The Kier molecular flexibility index (Phi) is 1.85. The van der Waals surface area contributed by atoms with Crippen molar-refractivity contribution in [3.05, 3.63) is 41.5 Å². The summed E-state index contributed by atoms with van der Waals surface area (Å²) < 4.78 is 7.71. The van der Waals surface area contributed by atoms with Gasteiger partial charge in [0, 0.05) is 11.8 Å². The number of hydrogen-bond donors (Lipinski definition) is 0. The van der Waals surface area contributed by atoms with Crippen LogP contribution in [0.25, 0.3) is 16.9 Å². The number of hydrogen-bond acceptors (Lipinski definition) is 3. The van der Waals surface area contributed by atoms with E-state index in [9.17, 15) is 0 Å². The third kappa shape index (κ3) is 1.27. The van der Waals surface area contributed by atoms with Crippen LogP contribution in [0.4, 0.5) is 0 Å². The fourth-order valence-corrected chi connectivity index (χ4v) is 1.85. The standard InChI is InChI=1S/C10H6BrN3O/c11-8-5-13-14-9(1-3-12-10(8)14)7-2-4-15-6-7/h1-6H. The van der Waals surface area contributed by atoms with Crippen molar-refractivity contribution in [2.45, 2.75) is 0 Å². The number of nitrogens with zero attached hydrogens (tertiary/aromatic N) is 3. The van der Waals surface area contributed by atoms with Gasteiger partial charge in [-0.3, -0.25) is 0 Å². The molecule has 74 valence electrons. The largest absolute Gasteiger partial charge is 0.472 e. The molecule has 0 bridgehead atoms. The normalized spacial score (nSPS) is 11.0. The van der Waals surface area contributed by atoms with E-state index in [1.807, 2.05) is 12.1 Å². The Labute approximate surface area is 93.7 Å². The van der Waals surface area contributed by atoms with Crippen LogP contribution in [0.15, 0.2) is 45.9 Å². The summed E-state index contributed by atoms with van der Waals surface area (Å²) in [7, 11) is 0. The van der Waals surface area contributed by atoms with Crippen molar-refractivity contribution < 1.29 is 4.42 Å². The first-order chi connectivity index (χ1) is 7.36. The highest BCUT2D eigenvalue weighted by atomic mass is 79.9. The Morgan fingerprint density at radius 2 is 2.27 bits per heavy atom. The zero-order valence-electron chi connectivity index (χ0n) is 7.59. The number of halogens is 1. The van der Waals surface area contributed by atoms with Crippen molar-refractivity contribution in [3.63, 3.8) is 0 Å². The third-order valence-electron chi connectivity index (χ3n) is 2.18. The second-order valence-corrected chi connectivity index (χ2v) is 3.92. The number of furan rings is 1. The summed E-state index contributed by atoms with van der Waals surface area (Å²) in [6.45, 7) is 0. The van der Waals surface area contributed by atoms with Crippen LogP contribution in [0, 0.1) is 0 Å². The molecular formula is C10H6BrN3O. The van der Waals surface area contributed by atoms with Crippen LogP contribution >= 0.6 is 15.9 Å². The predicted molar refractivity (Wildman–Crippen MR) is 58.4 cm³/mol. The molecule has 0 aliphatic heterocycles. The molecule has 0 N–H and O–H groups in total. The molecule has 0 fully saturated rings. The number of rotatable bonds is 1. The minimum absolute atomic E-state index is 0.800. The highest BCUT2D eigenvalue weighted by Gasteiger charge is 2.08. The summed E-state index contributed by atoms with van der Waals surface area (Å²) in [4.78, 5) is 4.23. The molecule has 3 rings (SSSR count). The van der Waals surface area contributed by atoms with Gasteiger partial charge in [-0.2, -0.15) is 5.10 Å². The van der Waals surface area contributed by atoms with E-state index in [4.69, 9.17) is 4.42 Å². The predicted octanol–water partition coefficient (Wildman–Crippen LogP) is 2.75. The highest BCUT2D eigenvalue weighted by Crippen LogP contribution is 2.23. The van der Waals surface area contributed by atoms with Gasteiger partial charge in [0.1, 0.15) is 0 Å². The molecule has 0 aliphatic carbocycles. The van der Waals surface area contributed by atoms with E-state index < -0.39 is 0 Å². The van der Waals surface area contributed by atoms with Crippen molar-refractivity contribution in [2.24, 2.45) is 0 Å². The fourth-order valence-electron chi connectivity index (χ4n) is 1.49. The smallest absolute Gasteiger partial charge is 0.169 e. The third-order valence-corrected chi connectivity index (χ3v) is 2.73. The van der Waals surface area contributed by atoms with Crippen LogP contribution in [0.3, 0.4) is 0 Å². The maximum absolute atomic E-state index is 5.05. The Hall–Kier alpha value is -1.62. The van der Waals surface area contributed by atoms with E-state index in [1.165, 1.54) is 0 Å². The minimum Gasteiger partial charge on any atom is -0.472 e.